The minimum atomic E-state index is -0.410. The van der Waals surface area contributed by atoms with Gasteiger partial charge in [-0.25, -0.2) is 0 Å². The highest BCUT2D eigenvalue weighted by atomic mass is 16.7. The van der Waals surface area contributed by atoms with Crippen LogP contribution in [0.15, 0.2) is 29.6 Å². The predicted molar refractivity (Wildman–Crippen MR) is 110 cm³/mol. The lowest BCUT2D eigenvalue weighted by Gasteiger charge is -2.29. The molecule has 144 valence electrons. The van der Waals surface area contributed by atoms with E-state index in [1.165, 1.54) is 59.6 Å². The number of anilines is 2. The molecule has 28 heavy (non-hydrogen) atoms. The Labute approximate surface area is 165 Å². The van der Waals surface area contributed by atoms with E-state index in [2.05, 4.69) is 39.4 Å². The quantitative estimate of drug-likeness (QED) is 0.596. The van der Waals surface area contributed by atoms with Gasteiger partial charge < -0.3 is 14.6 Å². The third-order valence-electron chi connectivity index (χ3n) is 7.02. The van der Waals surface area contributed by atoms with E-state index in [-0.39, 0.29) is 0 Å². The van der Waals surface area contributed by atoms with E-state index < -0.39 is 6.10 Å². The van der Waals surface area contributed by atoms with Crippen molar-refractivity contribution >= 4 is 11.4 Å². The number of aryl methyl sites for hydroxylation is 2. The number of rotatable bonds is 4. The van der Waals surface area contributed by atoms with Gasteiger partial charge in [-0.15, -0.1) is 4.91 Å². The first-order valence-corrected chi connectivity index (χ1v) is 10.6. The van der Waals surface area contributed by atoms with Crippen LogP contribution in [0, 0.1) is 4.91 Å². The lowest BCUT2D eigenvalue weighted by molar-refractivity contribution is 0.0831. The molecule has 0 N–H and O–H groups in total. The zero-order valence-corrected chi connectivity index (χ0v) is 16.1. The molecule has 0 aliphatic carbocycles. The van der Waals surface area contributed by atoms with E-state index >= 15 is 0 Å². The van der Waals surface area contributed by atoms with Crippen LogP contribution in [0.4, 0.5) is 11.4 Å². The van der Waals surface area contributed by atoms with Gasteiger partial charge >= 0.3 is 0 Å². The monoisotopic (exact) mass is 375 g/mol. The minimum absolute atomic E-state index is 0.410. The summed E-state index contributed by atoms with van der Waals surface area (Å²) in [4.78, 5) is 21.7. The Hall–Kier alpha value is -2.56. The molecule has 5 nitrogen and oxygen atoms in total. The first-order valence-electron chi connectivity index (χ1n) is 10.6. The van der Waals surface area contributed by atoms with Crippen molar-refractivity contribution in [3.8, 4) is 0 Å². The highest BCUT2D eigenvalue weighted by molar-refractivity contribution is 5.68. The fourth-order valence-corrected chi connectivity index (χ4v) is 5.91. The van der Waals surface area contributed by atoms with Gasteiger partial charge in [-0.1, -0.05) is 0 Å². The van der Waals surface area contributed by atoms with Gasteiger partial charge in [0.15, 0.2) is 11.4 Å². The van der Waals surface area contributed by atoms with Crippen LogP contribution in [-0.2, 0) is 30.5 Å². The largest absolute Gasteiger partial charge is 0.371 e. The van der Waals surface area contributed by atoms with Gasteiger partial charge in [0, 0.05) is 48.7 Å². The second-order valence-electron chi connectivity index (χ2n) is 8.62. The number of nitrogens with zero attached hydrogens (tertiary/aromatic N) is 3. The molecule has 6 rings (SSSR count). The molecule has 4 aliphatic heterocycles. The van der Waals surface area contributed by atoms with Gasteiger partial charge in [-0.3, -0.25) is 0 Å². The average molecular weight is 375 g/mol. The van der Waals surface area contributed by atoms with E-state index in [0.717, 1.165) is 49.9 Å². The van der Waals surface area contributed by atoms with Crippen LogP contribution in [0.5, 0.6) is 0 Å². The Kier molecular flexibility index (Phi) is 3.65. The smallest absolute Gasteiger partial charge is 0.181 e. The van der Waals surface area contributed by atoms with Crippen molar-refractivity contribution in [3.63, 3.8) is 0 Å². The summed E-state index contributed by atoms with van der Waals surface area (Å²) in [6.45, 7) is 4.56. The molecule has 0 bridgehead atoms. The molecule has 0 saturated carbocycles. The van der Waals surface area contributed by atoms with Crippen molar-refractivity contribution in [2.45, 2.75) is 44.6 Å². The maximum atomic E-state index is 11.2. The topological polar surface area (TPSA) is 45.1 Å². The summed E-state index contributed by atoms with van der Waals surface area (Å²) in [5, 5.41) is 2.87. The Morgan fingerprint density at radius 3 is 1.64 bits per heavy atom. The zero-order chi connectivity index (χ0) is 18.7. The molecule has 0 unspecified atom stereocenters. The van der Waals surface area contributed by atoms with Crippen LogP contribution in [0.25, 0.3) is 0 Å². The molecule has 4 aliphatic rings. The van der Waals surface area contributed by atoms with E-state index in [9.17, 15) is 4.91 Å². The molecule has 0 aromatic heterocycles. The second kappa shape index (κ2) is 6.23. The summed E-state index contributed by atoms with van der Waals surface area (Å²) in [6.07, 6.45) is 6.38. The fraction of sp³-hybridized carbons (Fsp3) is 0.478. The number of benzene rings is 2. The van der Waals surface area contributed by atoms with Crippen LogP contribution in [0.1, 0.15) is 52.3 Å². The van der Waals surface area contributed by atoms with Crippen LogP contribution in [0.3, 0.4) is 0 Å². The summed E-state index contributed by atoms with van der Waals surface area (Å²) in [5.41, 5.74) is 10.7. The average Bonchev–Trinajstić information content (AvgIpc) is 3.33. The van der Waals surface area contributed by atoms with E-state index in [1.807, 2.05) is 0 Å². The summed E-state index contributed by atoms with van der Waals surface area (Å²) in [7, 11) is 0. The van der Waals surface area contributed by atoms with Crippen LogP contribution in [0.2, 0.25) is 0 Å². The van der Waals surface area contributed by atoms with Gasteiger partial charge in [0.1, 0.15) is 0 Å². The summed E-state index contributed by atoms with van der Waals surface area (Å²) >= 11 is 0. The molecule has 5 heteroatoms. The van der Waals surface area contributed by atoms with E-state index in [1.54, 1.807) is 0 Å². The van der Waals surface area contributed by atoms with Crippen molar-refractivity contribution in [1.82, 2.24) is 0 Å². The molecular formula is C23H25N3O2. The molecule has 0 atom stereocenters. The summed E-state index contributed by atoms with van der Waals surface area (Å²) in [6, 6.07) is 9.03. The highest BCUT2D eigenvalue weighted by Crippen LogP contribution is 2.42. The third kappa shape index (κ3) is 2.38. The SMILES string of the molecule is O=NOC(c1cc2c3c(c1)CCN3CCC2)c1cc2c3c(c1)CCN3CCC2. The molecule has 4 heterocycles. The van der Waals surface area contributed by atoms with E-state index in [4.69, 9.17) is 4.84 Å². The molecule has 0 fully saturated rings. The number of hydrogen-bond donors (Lipinski definition) is 0. The van der Waals surface area contributed by atoms with Gasteiger partial charge in [-0.05, 0) is 85.0 Å². The Morgan fingerprint density at radius 1 is 0.714 bits per heavy atom. The fourth-order valence-electron chi connectivity index (χ4n) is 5.91. The first-order chi connectivity index (χ1) is 13.8. The lowest BCUT2D eigenvalue weighted by atomic mass is 9.90. The van der Waals surface area contributed by atoms with Crippen LogP contribution < -0.4 is 9.80 Å². The van der Waals surface area contributed by atoms with Gasteiger partial charge in [0.25, 0.3) is 0 Å². The molecule has 0 saturated heterocycles. The molecule has 0 spiro atoms. The van der Waals surface area contributed by atoms with Gasteiger partial charge in [0.2, 0.25) is 0 Å². The minimum Gasteiger partial charge on any atom is -0.371 e. The molecule has 0 radical (unpaired) electrons. The zero-order valence-electron chi connectivity index (χ0n) is 16.1. The molecule has 2 aromatic rings. The van der Waals surface area contributed by atoms with Gasteiger partial charge in [-0.2, -0.15) is 0 Å². The Bertz CT molecular complexity index is 897. The predicted octanol–water partition coefficient (Wildman–Crippen LogP) is 4.09. The molecular weight excluding hydrogens is 350 g/mol. The maximum Gasteiger partial charge on any atom is 0.181 e. The molecule has 2 aromatic carbocycles. The maximum absolute atomic E-state index is 11.2. The van der Waals surface area contributed by atoms with Crippen molar-refractivity contribution in [1.29, 1.82) is 0 Å². The number of hydrogen-bond acceptors (Lipinski definition) is 5. The standard InChI is InChI=1S/C23H25N3O2/c27-24-28-23(19-11-15-3-1-7-25-9-5-17(13-19)21(15)25)20-12-16-4-2-8-26-10-6-18(14-20)22(16)26/h11-14,23H,1-10H2. The normalized spacial score (nSPS) is 19.0. The second-order valence-corrected chi connectivity index (χ2v) is 8.62. The van der Waals surface area contributed by atoms with Gasteiger partial charge in [0.05, 0.1) is 0 Å². The van der Waals surface area contributed by atoms with Crippen molar-refractivity contribution < 1.29 is 4.84 Å². The Morgan fingerprint density at radius 2 is 1.18 bits per heavy atom. The lowest BCUT2D eigenvalue weighted by Crippen LogP contribution is -2.26. The molecule has 0 amide bonds. The summed E-state index contributed by atoms with van der Waals surface area (Å²) in [5.74, 6) is 0. The third-order valence-corrected chi connectivity index (χ3v) is 7.02. The van der Waals surface area contributed by atoms with E-state index in [0.29, 0.717) is 0 Å². The van der Waals surface area contributed by atoms with Crippen molar-refractivity contribution in [2.75, 3.05) is 36.0 Å². The van der Waals surface area contributed by atoms with Crippen LogP contribution >= 0.6 is 0 Å². The van der Waals surface area contributed by atoms with Crippen molar-refractivity contribution in [2.24, 2.45) is 5.34 Å². The highest BCUT2D eigenvalue weighted by Gasteiger charge is 2.31. The van der Waals surface area contributed by atoms with Crippen LogP contribution in [-0.4, -0.2) is 26.2 Å². The van der Waals surface area contributed by atoms with Crippen molar-refractivity contribution in [3.05, 3.63) is 62.6 Å². The Balaban J connectivity index is 1.46. The first kappa shape index (κ1) is 16.4. The summed E-state index contributed by atoms with van der Waals surface area (Å²) < 4.78 is 0.